The van der Waals surface area contributed by atoms with Crippen molar-refractivity contribution < 1.29 is 19.1 Å². The van der Waals surface area contributed by atoms with E-state index in [1.807, 2.05) is 0 Å². The van der Waals surface area contributed by atoms with Gasteiger partial charge in [-0.05, 0) is 39.5 Å². The van der Waals surface area contributed by atoms with Gasteiger partial charge in [-0.3, -0.25) is 9.59 Å². The number of rotatable bonds is 6. The van der Waals surface area contributed by atoms with Crippen LogP contribution in [0, 0.1) is 11.8 Å². The maximum Gasteiger partial charge on any atom is 0.312 e. The third-order valence-corrected chi connectivity index (χ3v) is 3.63. The molecule has 1 saturated carbocycles. The molecule has 0 aromatic rings. The fourth-order valence-electron chi connectivity index (χ4n) is 2.04. The van der Waals surface area contributed by atoms with Gasteiger partial charge in [0.2, 0.25) is 0 Å². The first-order valence-corrected chi connectivity index (χ1v) is 7.15. The van der Waals surface area contributed by atoms with Gasteiger partial charge in [-0.1, -0.05) is 12.2 Å². The highest BCUT2D eigenvalue weighted by atomic mass is 16.6. The molecule has 0 spiro atoms. The molecule has 0 aromatic carbocycles. The summed E-state index contributed by atoms with van der Waals surface area (Å²) in [6.45, 7) is 10.6. The Morgan fingerprint density at radius 1 is 0.950 bits per heavy atom. The van der Waals surface area contributed by atoms with Gasteiger partial charge < -0.3 is 9.47 Å². The van der Waals surface area contributed by atoms with Gasteiger partial charge in [0.15, 0.2) is 0 Å². The van der Waals surface area contributed by atoms with Gasteiger partial charge in [0.05, 0.1) is 11.8 Å². The van der Waals surface area contributed by atoms with Crippen molar-refractivity contribution in [3.05, 3.63) is 25.3 Å². The van der Waals surface area contributed by atoms with Crippen molar-refractivity contribution in [2.75, 3.05) is 0 Å². The summed E-state index contributed by atoms with van der Waals surface area (Å²) < 4.78 is 10.9. The number of ether oxygens (including phenoxy) is 2. The van der Waals surface area contributed by atoms with Gasteiger partial charge >= 0.3 is 11.9 Å². The minimum atomic E-state index is -0.348. The first kappa shape index (κ1) is 16.5. The second-order valence-corrected chi connectivity index (χ2v) is 5.28. The number of carbonyl (C=O) groups excluding carboxylic acids is 2. The Labute approximate surface area is 120 Å². The Kier molecular flexibility index (Phi) is 6.49. The predicted molar refractivity (Wildman–Crippen MR) is 77.0 cm³/mol. The fourth-order valence-corrected chi connectivity index (χ4v) is 2.04. The van der Waals surface area contributed by atoms with E-state index in [1.54, 1.807) is 26.0 Å². The summed E-state index contributed by atoms with van der Waals surface area (Å²) in [5, 5.41) is 0. The van der Waals surface area contributed by atoms with Crippen LogP contribution in [0.15, 0.2) is 25.3 Å². The quantitative estimate of drug-likeness (QED) is 0.554. The van der Waals surface area contributed by atoms with E-state index in [2.05, 4.69) is 13.2 Å². The maximum atomic E-state index is 11.8. The minimum Gasteiger partial charge on any atom is -0.458 e. The summed E-state index contributed by atoms with van der Waals surface area (Å²) in [7, 11) is 0. The van der Waals surface area contributed by atoms with Gasteiger partial charge in [0.1, 0.15) is 12.2 Å². The summed E-state index contributed by atoms with van der Waals surface area (Å²) in [6, 6.07) is 0. The van der Waals surface area contributed by atoms with Crippen molar-refractivity contribution in [3.63, 3.8) is 0 Å². The van der Waals surface area contributed by atoms with Crippen LogP contribution in [0.25, 0.3) is 0 Å². The van der Waals surface area contributed by atoms with Crippen molar-refractivity contribution >= 4 is 11.9 Å². The zero-order valence-corrected chi connectivity index (χ0v) is 12.3. The van der Waals surface area contributed by atoms with Crippen LogP contribution in [0.5, 0.6) is 0 Å². The van der Waals surface area contributed by atoms with Crippen LogP contribution in [0.1, 0.15) is 39.5 Å². The molecular weight excluding hydrogens is 256 g/mol. The Balaban J connectivity index is 2.62. The molecule has 1 aliphatic rings. The van der Waals surface area contributed by atoms with Crippen LogP contribution in [0.3, 0.4) is 0 Å². The first-order valence-electron chi connectivity index (χ1n) is 7.15. The van der Waals surface area contributed by atoms with Crippen molar-refractivity contribution in [1.82, 2.24) is 0 Å². The smallest absolute Gasteiger partial charge is 0.312 e. The Bertz CT molecular complexity index is 339. The molecule has 1 fully saturated rings. The second-order valence-electron chi connectivity index (χ2n) is 5.28. The van der Waals surface area contributed by atoms with Crippen LogP contribution >= 0.6 is 0 Å². The van der Waals surface area contributed by atoms with Crippen LogP contribution in [0.4, 0.5) is 0 Å². The largest absolute Gasteiger partial charge is 0.458 e. The van der Waals surface area contributed by atoms with Crippen molar-refractivity contribution in [3.8, 4) is 0 Å². The first-order chi connectivity index (χ1) is 9.49. The molecule has 0 aromatic heterocycles. The minimum absolute atomic E-state index is 0.315. The van der Waals surface area contributed by atoms with E-state index in [-0.39, 0.29) is 36.0 Å². The zero-order valence-electron chi connectivity index (χ0n) is 12.3. The van der Waals surface area contributed by atoms with Crippen LogP contribution in [-0.2, 0) is 19.1 Å². The van der Waals surface area contributed by atoms with E-state index in [0.717, 1.165) is 25.7 Å². The summed E-state index contributed by atoms with van der Waals surface area (Å²) >= 11 is 0. The summed E-state index contributed by atoms with van der Waals surface area (Å²) in [5.41, 5.74) is 0. The van der Waals surface area contributed by atoms with Gasteiger partial charge in [-0.25, -0.2) is 0 Å². The highest BCUT2D eigenvalue weighted by molar-refractivity contribution is 5.75. The molecule has 20 heavy (non-hydrogen) atoms. The van der Waals surface area contributed by atoms with Gasteiger partial charge in [-0.2, -0.15) is 0 Å². The molecule has 1 aliphatic carbocycles. The normalized spacial score (nSPS) is 25.1. The van der Waals surface area contributed by atoms with Crippen molar-refractivity contribution in [2.24, 2.45) is 11.8 Å². The topological polar surface area (TPSA) is 52.6 Å². The molecule has 0 radical (unpaired) electrons. The lowest BCUT2D eigenvalue weighted by atomic mass is 9.94. The molecule has 1 rings (SSSR count). The monoisotopic (exact) mass is 280 g/mol. The number of hydrogen-bond donors (Lipinski definition) is 0. The number of hydrogen-bond acceptors (Lipinski definition) is 4. The van der Waals surface area contributed by atoms with E-state index in [4.69, 9.17) is 9.47 Å². The molecule has 0 bridgehead atoms. The summed E-state index contributed by atoms with van der Waals surface area (Å²) in [5.74, 6) is -1.32. The summed E-state index contributed by atoms with van der Waals surface area (Å²) in [4.78, 5) is 23.6. The van der Waals surface area contributed by atoms with E-state index in [9.17, 15) is 9.59 Å². The van der Waals surface area contributed by atoms with Crippen molar-refractivity contribution in [2.45, 2.75) is 51.7 Å². The van der Waals surface area contributed by atoms with Crippen LogP contribution < -0.4 is 0 Å². The standard InChI is InChI=1S/C16H24O4/c1-5-11(3)15(17)19-13-9-7-8-10-14(13)20-16(18)12(4)6-2/h5-6,11-14H,1-2,7-10H2,3-4H3. The van der Waals surface area contributed by atoms with Gasteiger partial charge in [0.25, 0.3) is 0 Å². The maximum absolute atomic E-state index is 11.8. The SMILES string of the molecule is C=CC(C)C(=O)OC1CCCCC1OC(=O)C(C)C=C. The van der Waals surface area contributed by atoms with Crippen LogP contribution in [0.2, 0.25) is 0 Å². The van der Waals surface area contributed by atoms with E-state index >= 15 is 0 Å². The third kappa shape index (κ3) is 4.51. The molecule has 4 unspecified atom stereocenters. The molecule has 4 atom stereocenters. The lowest BCUT2D eigenvalue weighted by molar-refractivity contribution is -0.174. The van der Waals surface area contributed by atoms with E-state index < -0.39 is 0 Å². The average Bonchev–Trinajstić information content (AvgIpc) is 2.47. The number of esters is 2. The van der Waals surface area contributed by atoms with Crippen LogP contribution in [-0.4, -0.2) is 24.1 Å². The molecule has 0 heterocycles. The van der Waals surface area contributed by atoms with E-state index in [0.29, 0.717) is 0 Å². The molecule has 0 N–H and O–H groups in total. The highest BCUT2D eigenvalue weighted by Gasteiger charge is 2.32. The molecule has 112 valence electrons. The Hall–Kier alpha value is -1.58. The molecular formula is C16H24O4. The van der Waals surface area contributed by atoms with Crippen molar-refractivity contribution in [1.29, 1.82) is 0 Å². The van der Waals surface area contributed by atoms with Gasteiger partial charge in [0, 0.05) is 0 Å². The zero-order chi connectivity index (χ0) is 15.1. The molecule has 0 amide bonds. The summed E-state index contributed by atoms with van der Waals surface area (Å²) in [6.07, 6.45) is 5.82. The predicted octanol–water partition coefficient (Wildman–Crippen LogP) is 3.03. The molecule has 0 aliphatic heterocycles. The lowest BCUT2D eigenvalue weighted by Gasteiger charge is -2.31. The lowest BCUT2D eigenvalue weighted by Crippen LogP contribution is -2.39. The highest BCUT2D eigenvalue weighted by Crippen LogP contribution is 2.25. The molecule has 4 nitrogen and oxygen atoms in total. The number of carbonyl (C=O) groups is 2. The third-order valence-electron chi connectivity index (χ3n) is 3.63. The van der Waals surface area contributed by atoms with Gasteiger partial charge in [-0.15, -0.1) is 13.2 Å². The average molecular weight is 280 g/mol. The second kappa shape index (κ2) is 7.88. The Morgan fingerprint density at radius 3 is 1.60 bits per heavy atom. The Morgan fingerprint density at radius 2 is 1.30 bits per heavy atom. The van der Waals surface area contributed by atoms with E-state index in [1.165, 1.54) is 0 Å². The fraction of sp³-hybridized carbons (Fsp3) is 0.625. The molecule has 0 saturated heterocycles. The molecule has 4 heteroatoms.